The molecular formula is C28H30F2N2O5S. The summed E-state index contributed by atoms with van der Waals surface area (Å²) in [7, 11) is -2.52. The Hall–Kier alpha value is -3.34. The minimum absolute atomic E-state index is 0.0373. The molecule has 0 aromatic heterocycles. The summed E-state index contributed by atoms with van der Waals surface area (Å²) < 4.78 is 62.6. The molecule has 3 aromatic rings. The summed E-state index contributed by atoms with van der Waals surface area (Å²) in [6.45, 7) is 3.12. The molecule has 3 atom stereocenters. The average molecular weight is 545 g/mol. The number of ether oxygens (including phenoxy) is 1. The molecule has 0 unspecified atom stereocenters. The normalized spacial score (nSPS) is 19.9. The topological polar surface area (TPSA) is 87.2 Å². The van der Waals surface area contributed by atoms with Crippen LogP contribution in [0.3, 0.4) is 0 Å². The van der Waals surface area contributed by atoms with Gasteiger partial charge in [-0.25, -0.2) is 17.2 Å². The molecule has 1 aliphatic heterocycles. The number of sulfonamides is 1. The van der Waals surface area contributed by atoms with Gasteiger partial charge in [-0.2, -0.15) is 4.31 Å². The largest absolute Gasteiger partial charge is 0.487 e. The minimum atomic E-state index is -4.05. The third-order valence-corrected chi connectivity index (χ3v) is 8.77. The van der Waals surface area contributed by atoms with Crippen molar-refractivity contribution in [3.8, 4) is 16.9 Å². The van der Waals surface area contributed by atoms with Gasteiger partial charge in [0.25, 0.3) is 5.91 Å². The second-order valence-electron chi connectivity index (χ2n) is 9.57. The van der Waals surface area contributed by atoms with Gasteiger partial charge >= 0.3 is 0 Å². The maximum absolute atomic E-state index is 14.3. The van der Waals surface area contributed by atoms with E-state index < -0.39 is 45.6 Å². The van der Waals surface area contributed by atoms with Crippen molar-refractivity contribution in [3.63, 3.8) is 0 Å². The second kappa shape index (κ2) is 11.2. The lowest BCUT2D eigenvalue weighted by molar-refractivity contribution is 0.0560. The van der Waals surface area contributed by atoms with E-state index in [-0.39, 0.29) is 35.9 Å². The van der Waals surface area contributed by atoms with Crippen LogP contribution in [0.1, 0.15) is 24.2 Å². The van der Waals surface area contributed by atoms with Gasteiger partial charge in [-0.1, -0.05) is 37.3 Å². The van der Waals surface area contributed by atoms with E-state index in [1.54, 1.807) is 44.2 Å². The van der Waals surface area contributed by atoms with E-state index in [2.05, 4.69) is 0 Å². The Morgan fingerprint density at radius 1 is 1.11 bits per heavy atom. The molecule has 0 bridgehead atoms. The lowest BCUT2D eigenvalue weighted by atomic mass is 10.0. The van der Waals surface area contributed by atoms with E-state index in [0.717, 1.165) is 0 Å². The molecule has 3 aromatic carbocycles. The quantitative estimate of drug-likeness (QED) is 0.503. The van der Waals surface area contributed by atoms with Crippen molar-refractivity contribution in [2.24, 2.45) is 5.92 Å². The monoisotopic (exact) mass is 544 g/mol. The van der Waals surface area contributed by atoms with E-state index in [1.807, 2.05) is 0 Å². The van der Waals surface area contributed by atoms with Gasteiger partial charge in [-0.3, -0.25) is 4.79 Å². The second-order valence-corrected chi connectivity index (χ2v) is 11.4. The number of nitrogens with zero attached hydrogens (tertiary/aromatic N) is 2. The fourth-order valence-electron chi connectivity index (χ4n) is 4.46. The molecule has 10 heteroatoms. The fourth-order valence-corrected chi connectivity index (χ4v) is 6.28. The Bertz CT molecular complexity index is 1410. The Labute approximate surface area is 221 Å². The summed E-state index contributed by atoms with van der Waals surface area (Å²) in [5.41, 5.74) is 1.20. The summed E-state index contributed by atoms with van der Waals surface area (Å²) in [5, 5.41) is 9.81. The molecule has 0 fully saturated rings. The van der Waals surface area contributed by atoms with Crippen LogP contribution in [0, 0.1) is 17.6 Å². The Morgan fingerprint density at radius 3 is 2.42 bits per heavy atom. The van der Waals surface area contributed by atoms with Gasteiger partial charge in [0.1, 0.15) is 28.4 Å². The van der Waals surface area contributed by atoms with Gasteiger partial charge < -0.3 is 14.7 Å². The smallest absolute Gasteiger partial charge is 0.256 e. The minimum Gasteiger partial charge on any atom is -0.487 e. The first-order chi connectivity index (χ1) is 18.0. The van der Waals surface area contributed by atoms with Crippen molar-refractivity contribution in [2.45, 2.75) is 30.9 Å². The van der Waals surface area contributed by atoms with Crippen molar-refractivity contribution in [1.29, 1.82) is 0 Å². The van der Waals surface area contributed by atoms with Gasteiger partial charge in [0.05, 0.1) is 18.7 Å². The number of carbonyl (C=O) groups is 1. The van der Waals surface area contributed by atoms with Crippen molar-refractivity contribution < 1.29 is 31.8 Å². The molecular weight excluding hydrogens is 514 g/mol. The Kier molecular flexibility index (Phi) is 8.15. The van der Waals surface area contributed by atoms with Crippen LogP contribution in [-0.2, 0) is 10.0 Å². The third-order valence-electron chi connectivity index (χ3n) is 6.75. The summed E-state index contributed by atoms with van der Waals surface area (Å²) in [5.74, 6) is -1.90. The van der Waals surface area contributed by atoms with Gasteiger partial charge in [0, 0.05) is 25.6 Å². The number of carbonyl (C=O) groups excluding carboxylic acids is 1. The molecule has 4 rings (SSSR count). The number of hydrogen-bond acceptors (Lipinski definition) is 5. The lowest BCUT2D eigenvalue weighted by Crippen LogP contribution is -2.50. The van der Waals surface area contributed by atoms with E-state index >= 15 is 0 Å². The zero-order valence-electron chi connectivity index (χ0n) is 21.3. The van der Waals surface area contributed by atoms with Crippen LogP contribution in [0.4, 0.5) is 8.78 Å². The number of fused-ring (bicyclic) bond motifs is 1. The molecule has 38 heavy (non-hydrogen) atoms. The molecule has 0 aliphatic carbocycles. The zero-order valence-corrected chi connectivity index (χ0v) is 22.2. The molecule has 1 aliphatic rings. The van der Waals surface area contributed by atoms with Crippen LogP contribution in [-0.4, -0.2) is 67.5 Å². The van der Waals surface area contributed by atoms with Crippen LogP contribution in [0.25, 0.3) is 11.1 Å². The number of hydrogen-bond donors (Lipinski definition) is 1. The standard InChI is InChI=1S/C28H30F2N2O5S/c1-18-15-32(19(2)17-33)38(35,36)27-13-10-21(20-8-11-22(29)12-9-20)14-25(27)37-26(18)16-31(3)28(34)23-6-4-5-7-24(23)30/h4-14,18-19,26,33H,15-17H2,1-3H3/t18-,19+,26-/m1/s1. The molecule has 202 valence electrons. The highest BCUT2D eigenvalue weighted by Crippen LogP contribution is 2.36. The van der Waals surface area contributed by atoms with Crippen LogP contribution in [0.15, 0.2) is 71.6 Å². The predicted molar refractivity (Wildman–Crippen MR) is 139 cm³/mol. The first-order valence-corrected chi connectivity index (χ1v) is 13.7. The summed E-state index contributed by atoms with van der Waals surface area (Å²) in [4.78, 5) is 14.3. The van der Waals surface area contributed by atoms with Gasteiger partial charge in [0.15, 0.2) is 0 Å². The first kappa shape index (κ1) is 27.7. The third kappa shape index (κ3) is 5.57. The Balaban J connectivity index is 1.75. The maximum Gasteiger partial charge on any atom is 0.256 e. The molecule has 1 heterocycles. The van der Waals surface area contributed by atoms with Crippen LogP contribution in [0.2, 0.25) is 0 Å². The number of rotatable bonds is 6. The zero-order chi connectivity index (χ0) is 27.6. The van der Waals surface area contributed by atoms with E-state index in [9.17, 15) is 27.1 Å². The molecule has 1 N–H and O–H groups in total. The van der Waals surface area contributed by atoms with E-state index in [0.29, 0.717) is 11.1 Å². The van der Waals surface area contributed by atoms with Crippen molar-refractivity contribution in [1.82, 2.24) is 9.21 Å². The summed E-state index contributed by atoms with van der Waals surface area (Å²) >= 11 is 0. The maximum atomic E-state index is 14.3. The number of aliphatic hydroxyl groups is 1. The molecule has 0 saturated heterocycles. The highest BCUT2D eigenvalue weighted by atomic mass is 32.2. The summed E-state index contributed by atoms with van der Waals surface area (Å²) in [6, 6.07) is 15.4. The number of likely N-dealkylation sites (N-methyl/N-ethyl adjacent to an activating group) is 1. The van der Waals surface area contributed by atoms with Crippen LogP contribution >= 0.6 is 0 Å². The van der Waals surface area contributed by atoms with E-state index in [1.165, 1.54) is 52.7 Å². The highest BCUT2D eigenvalue weighted by molar-refractivity contribution is 7.89. The fraction of sp³-hybridized carbons (Fsp3) is 0.321. The highest BCUT2D eigenvalue weighted by Gasteiger charge is 2.38. The number of aliphatic hydroxyl groups excluding tert-OH is 1. The lowest BCUT2D eigenvalue weighted by Gasteiger charge is -2.37. The predicted octanol–water partition coefficient (Wildman–Crippen LogP) is 4.17. The van der Waals surface area contributed by atoms with Gasteiger partial charge in [0.2, 0.25) is 10.0 Å². The number of amides is 1. The number of benzene rings is 3. The van der Waals surface area contributed by atoms with Crippen molar-refractivity contribution >= 4 is 15.9 Å². The van der Waals surface area contributed by atoms with Crippen molar-refractivity contribution in [2.75, 3.05) is 26.7 Å². The van der Waals surface area contributed by atoms with Gasteiger partial charge in [-0.05, 0) is 54.4 Å². The first-order valence-electron chi connectivity index (χ1n) is 12.2. The molecule has 0 saturated carbocycles. The van der Waals surface area contributed by atoms with Crippen LogP contribution in [0.5, 0.6) is 5.75 Å². The summed E-state index contributed by atoms with van der Waals surface area (Å²) in [6.07, 6.45) is -0.665. The van der Waals surface area contributed by atoms with E-state index in [4.69, 9.17) is 4.74 Å². The Morgan fingerprint density at radius 2 is 1.76 bits per heavy atom. The number of halogens is 2. The van der Waals surface area contributed by atoms with Gasteiger partial charge in [-0.15, -0.1) is 0 Å². The SMILES string of the molecule is C[C@@H]1CN([C@@H](C)CO)S(=O)(=O)c2ccc(-c3ccc(F)cc3)cc2O[C@@H]1CN(C)C(=O)c1ccccc1F. The van der Waals surface area contributed by atoms with Crippen molar-refractivity contribution in [3.05, 3.63) is 83.9 Å². The molecule has 0 spiro atoms. The molecule has 1 amide bonds. The molecule has 0 radical (unpaired) electrons. The van der Waals surface area contributed by atoms with Crippen LogP contribution < -0.4 is 4.74 Å². The molecule has 7 nitrogen and oxygen atoms in total. The average Bonchev–Trinajstić information content (AvgIpc) is 2.90.